The fourth-order valence-corrected chi connectivity index (χ4v) is 1.63. The van der Waals surface area contributed by atoms with Crippen LogP contribution in [0.25, 0.3) is 0 Å². The maximum absolute atomic E-state index is 13.1. The van der Waals surface area contributed by atoms with Crippen LogP contribution in [0.4, 0.5) is 13.2 Å². The van der Waals surface area contributed by atoms with Crippen LogP contribution in [-0.2, 0) is 0 Å². The number of hydrogen-bond donors (Lipinski definition) is 1. The second-order valence-electron chi connectivity index (χ2n) is 2.90. The highest BCUT2D eigenvalue weighted by Crippen LogP contribution is 2.22. The topological polar surface area (TPSA) is 26.0 Å². The van der Waals surface area contributed by atoms with Crippen LogP contribution in [0, 0.1) is 9.39 Å². The Hall–Kier alpha value is -0.300. The van der Waals surface area contributed by atoms with Gasteiger partial charge in [-0.1, -0.05) is 0 Å². The molecule has 0 bridgehead atoms. The molecule has 0 saturated carbocycles. The minimum atomic E-state index is -2.51. The van der Waals surface area contributed by atoms with Crippen LogP contribution in [-0.4, -0.2) is 6.43 Å². The zero-order chi connectivity index (χ0) is 10.7. The molecule has 78 valence electrons. The number of nitrogens with two attached hydrogens (primary N) is 1. The SMILES string of the molecule is N[C@@H](CC(F)F)c1cc(I)ccc1F. The summed E-state index contributed by atoms with van der Waals surface area (Å²) in [5.41, 5.74) is 5.59. The van der Waals surface area contributed by atoms with Crippen LogP contribution in [0.5, 0.6) is 0 Å². The lowest BCUT2D eigenvalue weighted by Crippen LogP contribution is -2.15. The van der Waals surface area contributed by atoms with Crippen molar-refractivity contribution in [3.8, 4) is 0 Å². The molecule has 1 rings (SSSR count). The quantitative estimate of drug-likeness (QED) is 0.853. The molecule has 1 atom stereocenters. The zero-order valence-electron chi connectivity index (χ0n) is 7.18. The van der Waals surface area contributed by atoms with Crippen LogP contribution in [0.2, 0.25) is 0 Å². The molecule has 0 aliphatic heterocycles. The molecule has 5 heteroatoms. The first-order valence-corrected chi connectivity index (χ1v) is 5.07. The van der Waals surface area contributed by atoms with E-state index in [2.05, 4.69) is 0 Å². The summed E-state index contributed by atoms with van der Waals surface area (Å²) in [4.78, 5) is 0. The molecular weight excluding hydrogens is 306 g/mol. The average Bonchev–Trinajstić information content (AvgIpc) is 2.08. The monoisotopic (exact) mass is 315 g/mol. The van der Waals surface area contributed by atoms with E-state index >= 15 is 0 Å². The van der Waals surface area contributed by atoms with Crippen LogP contribution < -0.4 is 5.73 Å². The van der Waals surface area contributed by atoms with Gasteiger partial charge in [0.1, 0.15) is 5.82 Å². The first-order valence-electron chi connectivity index (χ1n) is 3.99. The molecule has 0 fully saturated rings. The largest absolute Gasteiger partial charge is 0.324 e. The molecule has 0 aromatic heterocycles. The van der Waals surface area contributed by atoms with Gasteiger partial charge in [-0.15, -0.1) is 0 Å². The predicted molar refractivity (Wildman–Crippen MR) is 56.7 cm³/mol. The Bertz CT molecular complexity index is 317. The molecule has 0 aliphatic rings. The Morgan fingerprint density at radius 3 is 2.57 bits per heavy atom. The fourth-order valence-electron chi connectivity index (χ4n) is 1.12. The van der Waals surface area contributed by atoms with Crippen molar-refractivity contribution in [1.82, 2.24) is 0 Å². The number of alkyl halides is 2. The second kappa shape index (κ2) is 4.97. The third kappa shape index (κ3) is 3.13. The van der Waals surface area contributed by atoms with Crippen molar-refractivity contribution in [2.24, 2.45) is 5.73 Å². The van der Waals surface area contributed by atoms with E-state index in [1.54, 1.807) is 6.07 Å². The highest BCUT2D eigenvalue weighted by Gasteiger charge is 2.16. The lowest BCUT2D eigenvalue weighted by atomic mass is 10.0. The number of halogens is 4. The molecule has 0 heterocycles. The molecule has 0 radical (unpaired) electrons. The Labute approximate surface area is 93.6 Å². The van der Waals surface area contributed by atoms with Crippen LogP contribution >= 0.6 is 22.6 Å². The van der Waals surface area contributed by atoms with Crippen molar-refractivity contribution in [3.63, 3.8) is 0 Å². The standard InChI is InChI=1S/C9H9F3IN/c10-7-2-1-5(13)3-6(7)8(14)4-9(11)12/h1-3,8-9H,4,14H2/t8-/m0/s1. The van der Waals surface area contributed by atoms with Gasteiger partial charge in [0.15, 0.2) is 0 Å². The van der Waals surface area contributed by atoms with E-state index < -0.39 is 24.7 Å². The molecule has 0 unspecified atom stereocenters. The summed E-state index contributed by atoms with van der Waals surface area (Å²) < 4.78 is 37.9. The minimum absolute atomic E-state index is 0.150. The van der Waals surface area contributed by atoms with E-state index in [4.69, 9.17) is 5.73 Å². The van der Waals surface area contributed by atoms with Crippen molar-refractivity contribution in [2.75, 3.05) is 0 Å². The Kier molecular flexibility index (Phi) is 4.18. The first-order chi connectivity index (χ1) is 6.50. The molecule has 14 heavy (non-hydrogen) atoms. The average molecular weight is 315 g/mol. The highest BCUT2D eigenvalue weighted by molar-refractivity contribution is 14.1. The van der Waals surface area contributed by atoms with Crippen LogP contribution in [0.15, 0.2) is 18.2 Å². The highest BCUT2D eigenvalue weighted by atomic mass is 127. The molecule has 0 amide bonds. The van der Waals surface area contributed by atoms with E-state index in [0.717, 1.165) is 3.57 Å². The van der Waals surface area contributed by atoms with E-state index in [1.165, 1.54) is 12.1 Å². The summed E-state index contributed by atoms with van der Waals surface area (Å²) in [5, 5.41) is 0. The lowest BCUT2D eigenvalue weighted by molar-refractivity contribution is 0.128. The van der Waals surface area contributed by atoms with Gasteiger partial charge < -0.3 is 5.73 Å². The summed E-state index contributed by atoms with van der Waals surface area (Å²) in [5.74, 6) is -0.529. The summed E-state index contributed by atoms with van der Waals surface area (Å²) in [6.45, 7) is 0. The lowest BCUT2D eigenvalue weighted by Gasteiger charge is -2.12. The molecule has 0 spiro atoms. The number of hydrogen-bond acceptors (Lipinski definition) is 1. The van der Waals surface area contributed by atoms with Crippen molar-refractivity contribution in [1.29, 1.82) is 0 Å². The van der Waals surface area contributed by atoms with E-state index in [-0.39, 0.29) is 5.56 Å². The minimum Gasteiger partial charge on any atom is -0.324 e. The summed E-state index contributed by atoms with van der Waals surface area (Å²) in [7, 11) is 0. The van der Waals surface area contributed by atoms with Gasteiger partial charge in [-0.2, -0.15) is 0 Å². The molecule has 1 aromatic carbocycles. The Morgan fingerprint density at radius 2 is 2.00 bits per heavy atom. The van der Waals surface area contributed by atoms with E-state index in [9.17, 15) is 13.2 Å². The fraction of sp³-hybridized carbons (Fsp3) is 0.333. The van der Waals surface area contributed by atoms with Gasteiger partial charge in [0, 0.05) is 21.6 Å². The van der Waals surface area contributed by atoms with Gasteiger partial charge in [0.2, 0.25) is 6.43 Å². The number of benzene rings is 1. The maximum atomic E-state index is 13.1. The smallest absolute Gasteiger partial charge is 0.240 e. The normalized spacial score (nSPS) is 13.3. The van der Waals surface area contributed by atoms with Crippen molar-refractivity contribution in [2.45, 2.75) is 18.9 Å². The summed E-state index contributed by atoms with van der Waals surface area (Å²) >= 11 is 1.98. The zero-order valence-corrected chi connectivity index (χ0v) is 9.34. The predicted octanol–water partition coefficient (Wildman–Crippen LogP) is 3.09. The van der Waals surface area contributed by atoms with Gasteiger partial charge in [0.25, 0.3) is 0 Å². The van der Waals surface area contributed by atoms with E-state index in [1.807, 2.05) is 22.6 Å². The summed E-state index contributed by atoms with van der Waals surface area (Å²) in [6, 6.07) is 3.35. The van der Waals surface area contributed by atoms with Gasteiger partial charge in [-0.3, -0.25) is 0 Å². The van der Waals surface area contributed by atoms with Crippen molar-refractivity contribution < 1.29 is 13.2 Å². The van der Waals surface area contributed by atoms with E-state index in [0.29, 0.717) is 0 Å². The number of rotatable bonds is 3. The van der Waals surface area contributed by atoms with Crippen molar-refractivity contribution in [3.05, 3.63) is 33.1 Å². The Balaban J connectivity index is 2.88. The molecule has 1 aromatic rings. The molecule has 0 saturated heterocycles. The maximum Gasteiger partial charge on any atom is 0.240 e. The molecular formula is C9H9F3IN. The molecule has 2 N–H and O–H groups in total. The molecule has 0 aliphatic carbocycles. The van der Waals surface area contributed by atoms with Crippen LogP contribution in [0.3, 0.4) is 0 Å². The summed E-state index contributed by atoms with van der Waals surface area (Å²) in [6.07, 6.45) is -3.03. The second-order valence-corrected chi connectivity index (χ2v) is 4.14. The van der Waals surface area contributed by atoms with Crippen LogP contribution in [0.1, 0.15) is 18.0 Å². The van der Waals surface area contributed by atoms with Gasteiger partial charge in [-0.25, -0.2) is 13.2 Å². The van der Waals surface area contributed by atoms with Crippen molar-refractivity contribution >= 4 is 22.6 Å². The first kappa shape index (κ1) is 11.8. The van der Waals surface area contributed by atoms with Gasteiger partial charge in [-0.05, 0) is 40.8 Å². The van der Waals surface area contributed by atoms with Gasteiger partial charge in [0.05, 0.1) is 0 Å². The molecule has 1 nitrogen and oxygen atoms in total. The third-order valence-electron chi connectivity index (χ3n) is 1.79. The third-order valence-corrected chi connectivity index (χ3v) is 2.46. The Morgan fingerprint density at radius 1 is 1.36 bits per heavy atom. The van der Waals surface area contributed by atoms with Gasteiger partial charge >= 0.3 is 0 Å².